The smallest absolute Gasteiger partial charge is 0.274 e. The molecule has 1 saturated heterocycles. The van der Waals surface area contributed by atoms with Crippen LogP contribution in [0.2, 0.25) is 0 Å². The highest BCUT2D eigenvalue weighted by Gasteiger charge is 2.27. The third-order valence-electron chi connectivity index (χ3n) is 8.18. The fraction of sp³-hybridized carbons (Fsp3) is 0.552. The molecule has 1 aromatic carbocycles. The van der Waals surface area contributed by atoms with Crippen molar-refractivity contribution in [3.8, 4) is 5.19 Å². The highest BCUT2D eigenvalue weighted by atomic mass is 32.1. The zero-order chi connectivity index (χ0) is 24.3. The van der Waals surface area contributed by atoms with Gasteiger partial charge in [0.2, 0.25) is 0 Å². The summed E-state index contributed by atoms with van der Waals surface area (Å²) in [6.45, 7) is 4.68. The zero-order valence-electron chi connectivity index (χ0n) is 20.9. The van der Waals surface area contributed by atoms with Crippen LogP contribution in [0.15, 0.2) is 36.5 Å². The normalized spacial score (nSPS) is 24.6. The lowest BCUT2D eigenvalue weighted by molar-refractivity contribution is 0.0941. The van der Waals surface area contributed by atoms with E-state index >= 15 is 0 Å². The van der Waals surface area contributed by atoms with Gasteiger partial charge in [-0.05, 0) is 56.2 Å². The molecule has 190 valence electrons. The van der Waals surface area contributed by atoms with Crippen molar-refractivity contribution < 1.29 is 14.3 Å². The predicted octanol–water partition coefficient (Wildman–Crippen LogP) is 5.69. The van der Waals surface area contributed by atoms with Gasteiger partial charge < -0.3 is 9.47 Å². The second-order valence-electron chi connectivity index (χ2n) is 10.7. The van der Waals surface area contributed by atoms with E-state index in [0.717, 1.165) is 66.7 Å². The molecule has 0 N–H and O–H groups in total. The van der Waals surface area contributed by atoms with Gasteiger partial charge in [0.15, 0.2) is 5.78 Å². The summed E-state index contributed by atoms with van der Waals surface area (Å²) in [6.07, 6.45) is 10.7. The average Bonchev–Trinajstić information content (AvgIpc) is 3.57. The lowest BCUT2D eigenvalue weighted by atomic mass is 9.78. The molecule has 2 fully saturated rings. The second kappa shape index (κ2) is 11.0. The first-order valence-electron chi connectivity index (χ1n) is 13.5. The molecule has 0 amide bonds. The molecule has 0 bridgehead atoms. The van der Waals surface area contributed by atoms with Crippen molar-refractivity contribution in [2.75, 3.05) is 26.3 Å². The van der Waals surface area contributed by atoms with Crippen molar-refractivity contribution >= 4 is 28.0 Å². The summed E-state index contributed by atoms with van der Waals surface area (Å²) in [5.74, 6) is 1.56. The Morgan fingerprint density at radius 3 is 2.86 bits per heavy atom. The SMILES string of the molecule is O=C(CC1CCC(CCN2CCc3sc(O[C@H]4CCOC4)nc3C2)CC1)c1cccc2ncccc12. The molecule has 4 heterocycles. The number of rotatable bonds is 8. The number of hydrogen-bond acceptors (Lipinski definition) is 7. The van der Waals surface area contributed by atoms with E-state index in [0.29, 0.717) is 18.9 Å². The Morgan fingerprint density at radius 1 is 1.11 bits per heavy atom. The molecule has 6 nitrogen and oxygen atoms in total. The number of aromatic nitrogens is 2. The Morgan fingerprint density at radius 2 is 2.00 bits per heavy atom. The van der Waals surface area contributed by atoms with E-state index in [1.165, 1.54) is 42.7 Å². The van der Waals surface area contributed by atoms with Crippen molar-refractivity contribution in [3.63, 3.8) is 0 Å². The molecule has 0 spiro atoms. The van der Waals surface area contributed by atoms with Crippen LogP contribution in [-0.4, -0.2) is 53.1 Å². The Labute approximate surface area is 217 Å². The van der Waals surface area contributed by atoms with Crippen molar-refractivity contribution in [2.45, 2.75) is 64.0 Å². The number of carbonyl (C=O) groups excluding carboxylic acids is 1. The van der Waals surface area contributed by atoms with Crippen LogP contribution in [0.4, 0.5) is 0 Å². The standard InChI is InChI=1S/C29H35N3O3S/c33-27(24-3-1-5-25-23(24)4-2-13-30-25)17-21-8-6-20(7-9-21)10-14-32-15-11-28-26(18-32)31-29(36-28)35-22-12-16-34-19-22/h1-5,13,20-22H,6-12,14-19H2/t20?,21?,22-/m0/s1. The fourth-order valence-electron chi connectivity index (χ4n) is 6.03. The molecule has 1 atom stereocenters. The van der Waals surface area contributed by atoms with Crippen LogP contribution in [0, 0.1) is 11.8 Å². The first-order valence-corrected chi connectivity index (χ1v) is 14.3. The highest BCUT2D eigenvalue weighted by molar-refractivity contribution is 7.13. The first-order chi connectivity index (χ1) is 17.7. The molecule has 3 aliphatic rings. The van der Waals surface area contributed by atoms with Crippen LogP contribution in [0.5, 0.6) is 5.19 Å². The van der Waals surface area contributed by atoms with Crippen LogP contribution in [-0.2, 0) is 17.7 Å². The van der Waals surface area contributed by atoms with Gasteiger partial charge in [0, 0.05) is 48.0 Å². The molecule has 0 unspecified atom stereocenters. The van der Waals surface area contributed by atoms with Crippen molar-refractivity contribution in [1.82, 2.24) is 14.9 Å². The monoisotopic (exact) mass is 505 g/mol. The average molecular weight is 506 g/mol. The highest BCUT2D eigenvalue weighted by Crippen LogP contribution is 2.35. The summed E-state index contributed by atoms with van der Waals surface area (Å²) in [7, 11) is 0. The maximum absolute atomic E-state index is 13.1. The number of ketones is 1. The number of nitrogens with zero attached hydrogens (tertiary/aromatic N) is 3. The lowest BCUT2D eigenvalue weighted by Gasteiger charge is -2.31. The molecule has 3 aromatic rings. The number of carbonyl (C=O) groups is 1. The number of pyridine rings is 1. The number of thiazole rings is 1. The molecule has 2 aliphatic heterocycles. The number of fused-ring (bicyclic) bond motifs is 2. The summed E-state index contributed by atoms with van der Waals surface area (Å²) in [6, 6.07) is 9.82. The molecule has 1 aliphatic carbocycles. The van der Waals surface area contributed by atoms with Crippen molar-refractivity contribution in [3.05, 3.63) is 52.7 Å². The molecular formula is C29H35N3O3S. The van der Waals surface area contributed by atoms with Gasteiger partial charge in [0.05, 0.1) is 24.4 Å². The van der Waals surface area contributed by atoms with Crippen molar-refractivity contribution in [2.24, 2.45) is 11.8 Å². The zero-order valence-corrected chi connectivity index (χ0v) is 21.7. The van der Waals surface area contributed by atoms with Gasteiger partial charge >= 0.3 is 0 Å². The maximum Gasteiger partial charge on any atom is 0.274 e. The largest absolute Gasteiger partial charge is 0.464 e. The maximum atomic E-state index is 13.1. The Bertz CT molecular complexity index is 1190. The molecule has 6 rings (SSSR count). The summed E-state index contributed by atoms with van der Waals surface area (Å²) >= 11 is 1.73. The minimum absolute atomic E-state index is 0.170. The molecule has 36 heavy (non-hydrogen) atoms. The van der Waals surface area contributed by atoms with Crippen LogP contribution in [0.1, 0.15) is 65.9 Å². The van der Waals surface area contributed by atoms with E-state index in [9.17, 15) is 4.79 Å². The van der Waals surface area contributed by atoms with Crippen LogP contribution < -0.4 is 4.74 Å². The molecule has 0 radical (unpaired) electrons. The minimum Gasteiger partial charge on any atom is -0.464 e. The summed E-state index contributed by atoms with van der Waals surface area (Å²) in [5, 5.41) is 1.81. The van der Waals surface area contributed by atoms with Gasteiger partial charge in [-0.1, -0.05) is 42.4 Å². The topological polar surface area (TPSA) is 64.6 Å². The third kappa shape index (κ3) is 5.48. The van der Waals surface area contributed by atoms with E-state index < -0.39 is 0 Å². The van der Waals surface area contributed by atoms with Crippen LogP contribution in [0.25, 0.3) is 10.9 Å². The molecule has 1 saturated carbocycles. The summed E-state index contributed by atoms with van der Waals surface area (Å²) in [4.78, 5) is 26.3. The van der Waals surface area contributed by atoms with E-state index in [-0.39, 0.29) is 11.9 Å². The second-order valence-corrected chi connectivity index (χ2v) is 11.7. The quantitative estimate of drug-likeness (QED) is 0.367. The lowest BCUT2D eigenvalue weighted by Crippen LogP contribution is -2.32. The summed E-state index contributed by atoms with van der Waals surface area (Å²) < 4.78 is 11.5. The van der Waals surface area contributed by atoms with Gasteiger partial charge in [-0.3, -0.25) is 14.7 Å². The van der Waals surface area contributed by atoms with Crippen LogP contribution in [0.3, 0.4) is 0 Å². The first kappa shape index (κ1) is 24.0. The minimum atomic E-state index is 0.170. The number of ether oxygens (including phenoxy) is 2. The van der Waals surface area contributed by atoms with E-state index in [4.69, 9.17) is 14.5 Å². The van der Waals surface area contributed by atoms with Gasteiger partial charge in [-0.25, -0.2) is 4.98 Å². The Hall–Kier alpha value is -2.35. The summed E-state index contributed by atoms with van der Waals surface area (Å²) in [5.41, 5.74) is 2.95. The molecule has 7 heteroatoms. The Kier molecular flexibility index (Phi) is 7.30. The van der Waals surface area contributed by atoms with Gasteiger partial charge in [0.25, 0.3) is 5.19 Å². The number of Topliss-reactive ketones (excluding diaryl/α,β-unsaturated/α-hetero) is 1. The van der Waals surface area contributed by atoms with E-state index in [1.807, 2.05) is 30.3 Å². The van der Waals surface area contributed by atoms with Crippen LogP contribution >= 0.6 is 11.3 Å². The van der Waals surface area contributed by atoms with E-state index in [2.05, 4.69) is 9.88 Å². The molecule has 2 aromatic heterocycles. The van der Waals surface area contributed by atoms with E-state index in [1.54, 1.807) is 17.5 Å². The van der Waals surface area contributed by atoms with Gasteiger partial charge in [-0.2, -0.15) is 0 Å². The molecular weight excluding hydrogens is 470 g/mol. The predicted molar refractivity (Wildman–Crippen MR) is 142 cm³/mol. The number of benzene rings is 1. The Balaban J connectivity index is 0.952. The van der Waals surface area contributed by atoms with Gasteiger partial charge in [0.1, 0.15) is 6.10 Å². The third-order valence-corrected chi connectivity index (χ3v) is 9.23. The van der Waals surface area contributed by atoms with Crippen molar-refractivity contribution in [1.29, 1.82) is 0 Å². The fourth-order valence-corrected chi connectivity index (χ4v) is 7.00. The number of hydrogen-bond donors (Lipinski definition) is 0. The van der Waals surface area contributed by atoms with Gasteiger partial charge in [-0.15, -0.1) is 0 Å².